The van der Waals surface area contributed by atoms with Gasteiger partial charge in [0, 0.05) is 0 Å². The average molecular weight is 271 g/mol. The number of carbonyl (C=O) groups is 1. The fraction of sp³-hybridized carbons (Fsp3) is 0.364. The highest BCUT2D eigenvalue weighted by molar-refractivity contribution is 9.09. The number of ether oxygens (including phenoxy) is 1. The molecule has 0 radical (unpaired) electrons. The molecule has 2 atom stereocenters. The van der Waals surface area contributed by atoms with Gasteiger partial charge in [-0.15, -0.1) is 0 Å². The molecule has 1 aromatic rings. The van der Waals surface area contributed by atoms with Gasteiger partial charge in [-0.05, 0) is 18.1 Å². The van der Waals surface area contributed by atoms with Gasteiger partial charge < -0.3 is 9.84 Å². The van der Waals surface area contributed by atoms with Crippen LogP contribution in [0.1, 0.15) is 23.1 Å². The second-order valence-electron chi connectivity index (χ2n) is 3.85. The number of aliphatic carboxylic acids is 1. The maximum Gasteiger partial charge on any atom is 0.316 e. The van der Waals surface area contributed by atoms with Crippen LogP contribution in [0.25, 0.3) is 0 Å². The van der Waals surface area contributed by atoms with Gasteiger partial charge >= 0.3 is 5.97 Å². The molecule has 2 unspecified atom stereocenters. The molecule has 0 fully saturated rings. The predicted octanol–water partition coefficient (Wildman–Crippen LogP) is 2.45. The smallest absolute Gasteiger partial charge is 0.316 e. The van der Waals surface area contributed by atoms with Crippen LogP contribution in [0.4, 0.5) is 0 Å². The molecule has 0 aromatic heterocycles. The van der Waals surface area contributed by atoms with Crippen molar-refractivity contribution in [2.24, 2.45) is 0 Å². The van der Waals surface area contributed by atoms with Crippen LogP contribution in [0, 0.1) is 0 Å². The number of hydrogen-bond acceptors (Lipinski definition) is 2. The van der Waals surface area contributed by atoms with E-state index in [1.807, 2.05) is 24.3 Å². The maximum absolute atomic E-state index is 11.3. The van der Waals surface area contributed by atoms with Crippen LogP contribution in [0.15, 0.2) is 24.3 Å². The Morgan fingerprint density at radius 2 is 2.27 bits per heavy atom. The Balaban J connectivity index is 2.58. The lowest BCUT2D eigenvalue weighted by Gasteiger charge is -2.34. The summed E-state index contributed by atoms with van der Waals surface area (Å²) in [5.74, 6) is -0.852. The van der Waals surface area contributed by atoms with Gasteiger partial charge in [0.05, 0.1) is 6.61 Å². The summed E-state index contributed by atoms with van der Waals surface area (Å²) in [6, 6.07) is 7.46. The molecule has 2 rings (SSSR count). The van der Waals surface area contributed by atoms with Crippen molar-refractivity contribution in [3.8, 4) is 0 Å². The largest absolute Gasteiger partial charge is 0.481 e. The van der Waals surface area contributed by atoms with Gasteiger partial charge in [-0.2, -0.15) is 0 Å². The molecular formula is C11H11BrO3. The van der Waals surface area contributed by atoms with Crippen LogP contribution in [0.2, 0.25) is 0 Å². The van der Waals surface area contributed by atoms with Gasteiger partial charge in [-0.25, -0.2) is 0 Å². The molecule has 4 heteroatoms. The first-order valence-electron chi connectivity index (χ1n) is 4.64. The van der Waals surface area contributed by atoms with Gasteiger partial charge in [0.1, 0.15) is 10.4 Å². The first-order chi connectivity index (χ1) is 7.05. The van der Waals surface area contributed by atoms with Crippen LogP contribution < -0.4 is 0 Å². The SMILES string of the molecule is CC1(C(=O)O)COC(Br)c2ccccc21. The van der Waals surface area contributed by atoms with Crippen LogP contribution in [0.3, 0.4) is 0 Å². The number of alkyl halides is 1. The summed E-state index contributed by atoms with van der Waals surface area (Å²) in [4.78, 5) is 11.3. The van der Waals surface area contributed by atoms with Gasteiger partial charge in [-0.3, -0.25) is 4.79 Å². The number of rotatable bonds is 1. The Morgan fingerprint density at radius 1 is 1.60 bits per heavy atom. The van der Waals surface area contributed by atoms with E-state index in [-0.39, 0.29) is 11.6 Å². The fourth-order valence-electron chi connectivity index (χ4n) is 1.78. The van der Waals surface area contributed by atoms with Crippen molar-refractivity contribution in [3.63, 3.8) is 0 Å². The molecule has 15 heavy (non-hydrogen) atoms. The number of fused-ring (bicyclic) bond motifs is 1. The molecule has 3 nitrogen and oxygen atoms in total. The lowest BCUT2D eigenvalue weighted by Crippen LogP contribution is -2.41. The third kappa shape index (κ3) is 1.58. The summed E-state index contributed by atoms with van der Waals surface area (Å²) >= 11 is 3.37. The molecule has 0 bridgehead atoms. The van der Waals surface area contributed by atoms with Crippen LogP contribution in [0.5, 0.6) is 0 Å². The van der Waals surface area contributed by atoms with E-state index in [2.05, 4.69) is 15.9 Å². The van der Waals surface area contributed by atoms with Crippen molar-refractivity contribution in [2.75, 3.05) is 6.61 Å². The zero-order valence-corrected chi connectivity index (χ0v) is 9.82. The summed E-state index contributed by atoms with van der Waals surface area (Å²) in [7, 11) is 0. The van der Waals surface area contributed by atoms with E-state index in [4.69, 9.17) is 4.74 Å². The number of halogens is 1. The molecule has 0 saturated carbocycles. The Kier molecular flexibility index (Phi) is 2.56. The van der Waals surface area contributed by atoms with Crippen LogP contribution in [-0.4, -0.2) is 17.7 Å². The van der Waals surface area contributed by atoms with E-state index in [9.17, 15) is 9.90 Å². The molecule has 1 N–H and O–H groups in total. The molecule has 0 spiro atoms. The Bertz CT molecular complexity index is 405. The molecule has 0 amide bonds. The second-order valence-corrected chi connectivity index (χ2v) is 4.68. The molecule has 80 valence electrons. The molecule has 1 aliphatic rings. The molecular weight excluding hydrogens is 260 g/mol. The van der Waals surface area contributed by atoms with E-state index in [1.54, 1.807) is 6.92 Å². The molecule has 1 aliphatic heterocycles. The number of hydrogen-bond donors (Lipinski definition) is 1. The van der Waals surface area contributed by atoms with Crippen molar-refractivity contribution >= 4 is 21.9 Å². The van der Waals surface area contributed by atoms with Crippen molar-refractivity contribution in [2.45, 2.75) is 17.4 Å². The fourth-order valence-corrected chi connectivity index (χ4v) is 2.31. The third-order valence-corrected chi connectivity index (χ3v) is 3.55. The Hall–Kier alpha value is -0.870. The minimum atomic E-state index is -0.944. The number of carboxylic acid groups (broad SMARTS) is 1. The monoisotopic (exact) mass is 270 g/mol. The lowest BCUT2D eigenvalue weighted by atomic mass is 9.79. The van der Waals surface area contributed by atoms with Crippen molar-refractivity contribution in [1.82, 2.24) is 0 Å². The summed E-state index contributed by atoms with van der Waals surface area (Å²) < 4.78 is 5.42. The zero-order chi connectivity index (χ0) is 11.1. The quantitative estimate of drug-likeness (QED) is 0.798. The molecule has 0 aliphatic carbocycles. The maximum atomic E-state index is 11.3. The zero-order valence-electron chi connectivity index (χ0n) is 8.24. The van der Waals surface area contributed by atoms with E-state index in [0.717, 1.165) is 11.1 Å². The first-order valence-corrected chi connectivity index (χ1v) is 5.56. The van der Waals surface area contributed by atoms with E-state index in [1.165, 1.54) is 0 Å². The van der Waals surface area contributed by atoms with E-state index >= 15 is 0 Å². The normalized spacial score (nSPS) is 29.6. The van der Waals surface area contributed by atoms with Gasteiger partial charge in [-0.1, -0.05) is 40.2 Å². The third-order valence-electron chi connectivity index (χ3n) is 2.79. The number of benzene rings is 1. The van der Waals surface area contributed by atoms with E-state index in [0.29, 0.717) is 0 Å². The van der Waals surface area contributed by atoms with Crippen LogP contribution in [-0.2, 0) is 14.9 Å². The highest BCUT2D eigenvalue weighted by Crippen LogP contribution is 2.40. The van der Waals surface area contributed by atoms with Crippen LogP contribution >= 0.6 is 15.9 Å². The van der Waals surface area contributed by atoms with E-state index < -0.39 is 11.4 Å². The second kappa shape index (κ2) is 3.61. The van der Waals surface area contributed by atoms with Gasteiger partial charge in [0.25, 0.3) is 0 Å². The highest BCUT2D eigenvalue weighted by atomic mass is 79.9. The lowest BCUT2D eigenvalue weighted by molar-refractivity contribution is -0.147. The standard InChI is InChI=1S/C11H11BrO3/c1-11(10(13)14)6-15-9(12)7-4-2-3-5-8(7)11/h2-5,9H,6H2,1H3,(H,13,14). The summed E-state index contributed by atoms with van der Waals surface area (Å²) in [5.41, 5.74) is 0.778. The first kappa shape index (κ1) is 10.6. The number of carboxylic acids is 1. The van der Waals surface area contributed by atoms with Crippen molar-refractivity contribution in [1.29, 1.82) is 0 Å². The predicted molar refractivity (Wildman–Crippen MR) is 59.0 cm³/mol. The summed E-state index contributed by atoms with van der Waals surface area (Å²) in [6.45, 7) is 1.88. The minimum absolute atomic E-state index is 0.190. The van der Waals surface area contributed by atoms with Crippen molar-refractivity contribution in [3.05, 3.63) is 35.4 Å². The Labute approximate surface area is 96.2 Å². The highest BCUT2D eigenvalue weighted by Gasteiger charge is 2.42. The topological polar surface area (TPSA) is 46.5 Å². The molecule has 0 saturated heterocycles. The molecule has 1 heterocycles. The Morgan fingerprint density at radius 3 is 2.93 bits per heavy atom. The summed E-state index contributed by atoms with van der Waals surface area (Å²) in [5, 5.41) is 9.03. The average Bonchev–Trinajstić information content (AvgIpc) is 2.24. The van der Waals surface area contributed by atoms with Gasteiger partial charge in [0.2, 0.25) is 0 Å². The minimum Gasteiger partial charge on any atom is -0.481 e. The van der Waals surface area contributed by atoms with Crippen molar-refractivity contribution < 1.29 is 14.6 Å². The molecule has 1 aromatic carbocycles. The summed E-state index contributed by atoms with van der Waals surface area (Å²) in [6.07, 6.45) is 0. The van der Waals surface area contributed by atoms with Gasteiger partial charge in [0.15, 0.2) is 0 Å².